The fourth-order valence-electron chi connectivity index (χ4n) is 2.81. The summed E-state index contributed by atoms with van der Waals surface area (Å²) in [7, 11) is 0. The average Bonchev–Trinajstić information content (AvgIpc) is 2.14. The first kappa shape index (κ1) is 11.0. The van der Waals surface area contributed by atoms with Crippen molar-refractivity contribution in [2.24, 2.45) is 17.1 Å². The zero-order chi connectivity index (χ0) is 9.73. The van der Waals surface area contributed by atoms with Gasteiger partial charge in [0.25, 0.3) is 0 Å². The molecule has 2 atom stereocenters. The lowest BCUT2D eigenvalue weighted by Gasteiger charge is -2.39. The first-order valence-corrected chi connectivity index (χ1v) is 5.95. The number of rotatable bonds is 2. The molecule has 1 saturated carbocycles. The number of hydrogen-bond acceptors (Lipinski definition) is 1. The van der Waals surface area contributed by atoms with Gasteiger partial charge in [-0.1, -0.05) is 46.0 Å². The number of hydrogen-bond donors (Lipinski definition) is 1. The van der Waals surface area contributed by atoms with Gasteiger partial charge < -0.3 is 5.73 Å². The Labute approximate surface area is 83.1 Å². The van der Waals surface area contributed by atoms with E-state index in [0.29, 0.717) is 5.41 Å². The standard InChI is InChI=1S/C12H25N/c1-3-12(10-13)9-7-5-4-6-8-11(12)2/h11H,3-10,13H2,1-2H3. The molecule has 78 valence electrons. The zero-order valence-corrected chi connectivity index (χ0v) is 9.31. The van der Waals surface area contributed by atoms with Crippen LogP contribution in [0.25, 0.3) is 0 Å². The van der Waals surface area contributed by atoms with Crippen molar-refractivity contribution in [3.8, 4) is 0 Å². The lowest BCUT2D eigenvalue weighted by atomic mass is 9.67. The Hall–Kier alpha value is -0.0400. The van der Waals surface area contributed by atoms with Crippen LogP contribution in [-0.4, -0.2) is 6.54 Å². The van der Waals surface area contributed by atoms with E-state index in [-0.39, 0.29) is 0 Å². The molecule has 0 aliphatic heterocycles. The largest absolute Gasteiger partial charge is 0.330 e. The molecule has 0 radical (unpaired) electrons. The van der Waals surface area contributed by atoms with Crippen LogP contribution in [0.1, 0.15) is 58.8 Å². The second-order valence-electron chi connectivity index (χ2n) is 4.77. The second kappa shape index (κ2) is 4.99. The molecule has 2 unspecified atom stereocenters. The summed E-state index contributed by atoms with van der Waals surface area (Å²) < 4.78 is 0. The molecule has 0 aromatic heterocycles. The Balaban J connectivity index is 2.63. The van der Waals surface area contributed by atoms with Gasteiger partial charge in [0.2, 0.25) is 0 Å². The first-order valence-electron chi connectivity index (χ1n) is 5.95. The van der Waals surface area contributed by atoms with Crippen LogP contribution in [0.5, 0.6) is 0 Å². The number of nitrogens with two attached hydrogens (primary N) is 1. The van der Waals surface area contributed by atoms with E-state index in [0.717, 1.165) is 12.5 Å². The van der Waals surface area contributed by atoms with Gasteiger partial charge in [-0.25, -0.2) is 0 Å². The summed E-state index contributed by atoms with van der Waals surface area (Å²) in [4.78, 5) is 0. The van der Waals surface area contributed by atoms with Crippen molar-refractivity contribution in [2.45, 2.75) is 58.8 Å². The van der Waals surface area contributed by atoms with Crippen molar-refractivity contribution in [3.05, 3.63) is 0 Å². The van der Waals surface area contributed by atoms with Crippen LogP contribution in [0.2, 0.25) is 0 Å². The fraction of sp³-hybridized carbons (Fsp3) is 1.00. The second-order valence-corrected chi connectivity index (χ2v) is 4.77. The van der Waals surface area contributed by atoms with Crippen molar-refractivity contribution in [1.29, 1.82) is 0 Å². The first-order chi connectivity index (χ1) is 6.25. The molecule has 0 bridgehead atoms. The molecule has 0 amide bonds. The summed E-state index contributed by atoms with van der Waals surface area (Å²) in [5.74, 6) is 0.836. The summed E-state index contributed by atoms with van der Waals surface area (Å²) in [6, 6.07) is 0. The lowest BCUT2D eigenvalue weighted by Crippen LogP contribution is -2.37. The van der Waals surface area contributed by atoms with Crippen LogP contribution in [-0.2, 0) is 0 Å². The van der Waals surface area contributed by atoms with Gasteiger partial charge in [-0.15, -0.1) is 0 Å². The summed E-state index contributed by atoms with van der Waals surface area (Å²) in [5, 5.41) is 0. The average molecular weight is 183 g/mol. The molecule has 0 saturated heterocycles. The van der Waals surface area contributed by atoms with E-state index in [1.165, 1.54) is 44.9 Å². The zero-order valence-electron chi connectivity index (χ0n) is 9.31. The molecular weight excluding hydrogens is 158 g/mol. The highest BCUT2D eigenvalue weighted by molar-refractivity contribution is 4.85. The van der Waals surface area contributed by atoms with Gasteiger partial charge in [-0.2, -0.15) is 0 Å². The van der Waals surface area contributed by atoms with Gasteiger partial charge in [0, 0.05) is 0 Å². The van der Waals surface area contributed by atoms with Crippen molar-refractivity contribution < 1.29 is 0 Å². The minimum absolute atomic E-state index is 0.473. The Kier molecular flexibility index (Phi) is 4.24. The molecule has 1 rings (SSSR count). The van der Waals surface area contributed by atoms with Gasteiger partial charge in [-0.3, -0.25) is 0 Å². The van der Waals surface area contributed by atoms with Crippen molar-refractivity contribution in [2.75, 3.05) is 6.54 Å². The van der Waals surface area contributed by atoms with Crippen LogP contribution >= 0.6 is 0 Å². The Bertz CT molecular complexity index is 138. The molecule has 0 heterocycles. The van der Waals surface area contributed by atoms with E-state index in [2.05, 4.69) is 13.8 Å². The molecule has 1 heteroatoms. The maximum atomic E-state index is 5.96. The monoisotopic (exact) mass is 183 g/mol. The summed E-state index contributed by atoms with van der Waals surface area (Å²) in [6.45, 7) is 5.61. The third-order valence-electron chi connectivity index (χ3n) is 4.22. The smallest absolute Gasteiger partial charge is 0.00181 e. The highest BCUT2D eigenvalue weighted by atomic mass is 14.6. The van der Waals surface area contributed by atoms with Crippen LogP contribution in [0.15, 0.2) is 0 Å². The fourth-order valence-corrected chi connectivity index (χ4v) is 2.81. The molecule has 0 spiro atoms. The minimum atomic E-state index is 0.473. The normalized spacial score (nSPS) is 36.7. The molecule has 0 aromatic rings. The highest BCUT2D eigenvalue weighted by Gasteiger charge is 2.32. The Morgan fingerprint density at radius 2 is 1.92 bits per heavy atom. The van der Waals surface area contributed by atoms with Gasteiger partial charge in [0.1, 0.15) is 0 Å². The Morgan fingerprint density at radius 3 is 2.54 bits per heavy atom. The maximum Gasteiger partial charge on any atom is -0.00181 e. The Morgan fingerprint density at radius 1 is 1.23 bits per heavy atom. The van der Waals surface area contributed by atoms with Crippen molar-refractivity contribution in [1.82, 2.24) is 0 Å². The third-order valence-corrected chi connectivity index (χ3v) is 4.22. The highest BCUT2D eigenvalue weighted by Crippen LogP contribution is 2.40. The van der Waals surface area contributed by atoms with Crippen LogP contribution in [0, 0.1) is 11.3 Å². The van der Waals surface area contributed by atoms with E-state index in [1.54, 1.807) is 0 Å². The molecule has 0 aromatic carbocycles. The van der Waals surface area contributed by atoms with Gasteiger partial charge in [-0.05, 0) is 30.7 Å². The quantitative estimate of drug-likeness (QED) is 0.698. The van der Waals surface area contributed by atoms with Gasteiger partial charge >= 0.3 is 0 Å². The minimum Gasteiger partial charge on any atom is -0.330 e. The molecule has 1 aliphatic rings. The van der Waals surface area contributed by atoms with Crippen molar-refractivity contribution >= 4 is 0 Å². The van der Waals surface area contributed by atoms with E-state index >= 15 is 0 Å². The van der Waals surface area contributed by atoms with E-state index < -0.39 is 0 Å². The van der Waals surface area contributed by atoms with Gasteiger partial charge in [0.15, 0.2) is 0 Å². The summed E-state index contributed by atoms with van der Waals surface area (Å²) in [6.07, 6.45) is 9.71. The molecule has 1 fully saturated rings. The molecule has 13 heavy (non-hydrogen) atoms. The van der Waals surface area contributed by atoms with E-state index in [9.17, 15) is 0 Å². The van der Waals surface area contributed by atoms with Crippen LogP contribution in [0.3, 0.4) is 0 Å². The molecule has 1 aliphatic carbocycles. The SMILES string of the molecule is CCC1(CN)CCCCCCC1C. The maximum absolute atomic E-state index is 5.96. The van der Waals surface area contributed by atoms with E-state index in [4.69, 9.17) is 5.73 Å². The van der Waals surface area contributed by atoms with Crippen molar-refractivity contribution in [3.63, 3.8) is 0 Å². The summed E-state index contributed by atoms with van der Waals surface area (Å²) in [5.41, 5.74) is 6.43. The third kappa shape index (κ3) is 2.46. The lowest BCUT2D eigenvalue weighted by molar-refractivity contribution is 0.131. The molecular formula is C12H25N. The topological polar surface area (TPSA) is 26.0 Å². The molecule has 2 N–H and O–H groups in total. The summed E-state index contributed by atoms with van der Waals surface area (Å²) >= 11 is 0. The van der Waals surface area contributed by atoms with Crippen LogP contribution < -0.4 is 5.73 Å². The van der Waals surface area contributed by atoms with Crippen LogP contribution in [0.4, 0.5) is 0 Å². The van der Waals surface area contributed by atoms with Gasteiger partial charge in [0.05, 0.1) is 0 Å². The predicted octanol–water partition coefficient (Wildman–Crippen LogP) is 3.33. The predicted molar refractivity (Wildman–Crippen MR) is 58.6 cm³/mol. The van der Waals surface area contributed by atoms with E-state index in [1.807, 2.05) is 0 Å². The molecule has 1 nitrogen and oxygen atoms in total.